The molecule has 0 atom stereocenters. The fourth-order valence-corrected chi connectivity index (χ4v) is 6.64. The minimum atomic E-state index is -4.02. The number of aromatic nitrogens is 3. The van der Waals surface area contributed by atoms with Crippen LogP contribution in [0.2, 0.25) is 0 Å². The second-order valence-corrected chi connectivity index (χ2v) is 11.7. The highest BCUT2D eigenvalue weighted by molar-refractivity contribution is 7.90. The first-order chi connectivity index (χ1) is 18.6. The van der Waals surface area contributed by atoms with Crippen molar-refractivity contribution in [2.24, 2.45) is 7.05 Å². The molecule has 0 saturated heterocycles. The monoisotopic (exact) mass is 545 g/mol. The van der Waals surface area contributed by atoms with Crippen LogP contribution in [0.3, 0.4) is 0 Å². The van der Waals surface area contributed by atoms with E-state index in [1.165, 1.54) is 11.1 Å². The van der Waals surface area contributed by atoms with Gasteiger partial charge in [-0.05, 0) is 62.6 Å². The van der Waals surface area contributed by atoms with E-state index in [2.05, 4.69) is 4.98 Å². The SMILES string of the molecule is COc1cc2c(cc1OC1(C(=O)O)CCC1)c(-c1cc3cccnc3n1S(=O)(=O)c1ccc(C)cc1)cn2C. The summed E-state index contributed by atoms with van der Waals surface area (Å²) in [5.74, 6) is -0.321. The second-order valence-electron chi connectivity index (χ2n) is 9.96. The Morgan fingerprint density at radius 2 is 1.82 bits per heavy atom. The fraction of sp³-hybridized carbons (Fsp3) is 0.241. The first-order valence-corrected chi connectivity index (χ1v) is 14.0. The highest BCUT2D eigenvalue weighted by Crippen LogP contribution is 2.44. The first-order valence-electron chi connectivity index (χ1n) is 12.5. The molecule has 10 heteroatoms. The van der Waals surface area contributed by atoms with Crippen LogP contribution in [-0.2, 0) is 21.9 Å². The highest BCUT2D eigenvalue weighted by atomic mass is 32.2. The molecule has 0 aliphatic heterocycles. The molecular formula is C29H27N3O6S. The zero-order chi connectivity index (χ0) is 27.5. The number of methoxy groups -OCH3 is 1. The lowest BCUT2D eigenvalue weighted by molar-refractivity contribution is -0.163. The summed E-state index contributed by atoms with van der Waals surface area (Å²) in [4.78, 5) is 16.6. The summed E-state index contributed by atoms with van der Waals surface area (Å²) in [6.07, 6.45) is 4.98. The van der Waals surface area contributed by atoms with Gasteiger partial charge in [0.15, 0.2) is 17.1 Å². The topological polar surface area (TPSA) is 113 Å². The van der Waals surface area contributed by atoms with E-state index in [0.717, 1.165) is 17.5 Å². The lowest BCUT2D eigenvalue weighted by Gasteiger charge is -2.37. The van der Waals surface area contributed by atoms with Crippen LogP contribution in [-0.4, -0.2) is 45.7 Å². The van der Waals surface area contributed by atoms with Crippen molar-refractivity contribution in [3.05, 3.63) is 72.6 Å². The molecule has 5 aromatic rings. The van der Waals surface area contributed by atoms with E-state index in [1.54, 1.807) is 54.7 Å². The predicted molar refractivity (Wildman–Crippen MR) is 147 cm³/mol. The summed E-state index contributed by atoms with van der Waals surface area (Å²) < 4.78 is 42.9. The molecule has 2 aromatic carbocycles. The van der Waals surface area contributed by atoms with E-state index in [9.17, 15) is 18.3 Å². The van der Waals surface area contributed by atoms with Crippen LogP contribution in [0, 0.1) is 6.92 Å². The van der Waals surface area contributed by atoms with Crippen molar-refractivity contribution in [3.63, 3.8) is 0 Å². The Kier molecular flexibility index (Phi) is 5.69. The lowest BCUT2D eigenvalue weighted by Crippen LogP contribution is -2.50. The molecule has 200 valence electrons. The maximum atomic E-state index is 14.0. The Morgan fingerprint density at radius 3 is 2.46 bits per heavy atom. The number of carboxylic acid groups (broad SMARTS) is 1. The molecule has 1 saturated carbocycles. The van der Waals surface area contributed by atoms with Gasteiger partial charge < -0.3 is 19.1 Å². The summed E-state index contributed by atoms with van der Waals surface area (Å²) in [6.45, 7) is 1.90. The average Bonchev–Trinajstić information content (AvgIpc) is 3.43. The fourth-order valence-electron chi connectivity index (χ4n) is 5.16. The number of ether oxygens (including phenoxy) is 2. The molecule has 6 rings (SSSR count). The number of nitrogens with zero attached hydrogens (tertiary/aromatic N) is 3. The van der Waals surface area contributed by atoms with E-state index < -0.39 is 21.6 Å². The number of hydrogen-bond acceptors (Lipinski definition) is 6. The molecule has 0 radical (unpaired) electrons. The minimum Gasteiger partial charge on any atom is -0.493 e. The third-order valence-corrected chi connectivity index (χ3v) is 9.20. The van der Waals surface area contributed by atoms with Crippen molar-refractivity contribution in [1.82, 2.24) is 13.5 Å². The molecule has 0 spiro atoms. The molecule has 39 heavy (non-hydrogen) atoms. The van der Waals surface area contributed by atoms with Crippen LogP contribution in [0.1, 0.15) is 24.8 Å². The number of benzene rings is 2. The molecule has 0 amide bonds. The number of fused-ring (bicyclic) bond motifs is 2. The standard InChI is InChI=1S/C29H27N3O6S/c1-18-7-9-20(10-8-18)39(35,36)32-24(14-19-6-4-13-30-27(19)32)22-17-31(2)23-16-25(37-3)26(15-21(22)23)38-29(28(33)34)11-5-12-29/h4,6-10,13-17H,5,11-12H2,1-3H3,(H,33,34). The van der Waals surface area contributed by atoms with Crippen molar-refractivity contribution in [1.29, 1.82) is 0 Å². The van der Waals surface area contributed by atoms with Crippen molar-refractivity contribution in [2.75, 3.05) is 7.11 Å². The van der Waals surface area contributed by atoms with Crippen molar-refractivity contribution < 1.29 is 27.8 Å². The van der Waals surface area contributed by atoms with Crippen molar-refractivity contribution >= 4 is 37.9 Å². The maximum absolute atomic E-state index is 14.0. The summed E-state index contributed by atoms with van der Waals surface area (Å²) >= 11 is 0. The highest BCUT2D eigenvalue weighted by Gasteiger charge is 2.47. The minimum absolute atomic E-state index is 0.150. The van der Waals surface area contributed by atoms with Gasteiger partial charge in [-0.25, -0.2) is 22.2 Å². The Bertz CT molecular complexity index is 1860. The molecule has 3 heterocycles. The first kappa shape index (κ1) is 25.0. The number of rotatable bonds is 7. The van der Waals surface area contributed by atoms with Gasteiger partial charge in [0.05, 0.1) is 23.2 Å². The van der Waals surface area contributed by atoms with Gasteiger partial charge in [0, 0.05) is 41.8 Å². The average molecular weight is 546 g/mol. The number of aliphatic carboxylic acids is 1. The van der Waals surface area contributed by atoms with Gasteiger partial charge >= 0.3 is 5.97 Å². The molecule has 9 nitrogen and oxygen atoms in total. The van der Waals surface area contributed by atoms with Crippen molar-refractivity contribution in [3.8, 4) is 22.8 Å². The van der Waals surface area contributed by atoms with Crippen LogP contribution < -0.4 is 9.47 Å². The summed E-state index contributed by atoms with van der Waals surface area (Å²) in [5, 5.41) is 11.2. The smallest absolute Gasteiger partial charge is 0.348 e. The van der Waals surface area contributed by atoms with E-state index in [1.807, 2.05) is 30.8 Å². The summed E-state index contributed by atoms with van der Waals surface area (Å²) in [5.41, 5.74) is 1.79. The van der Waals surface area contributed by atoms with Gasteiger partial charge in [-0.15, -0.1) is 0 Å². The maximum Gasteiger partial charge on any atom is 0.348 e. The molecule has 1 fully saturated rings. The quantitative estimate of drug-likeness (QED) is 0.301. The number of aryl methyl sites for hydroxylation is 2. The third kappa shape index (κ3) is 3.85. The molecule has 0 unspecified atom stereocenters. The van der Waals surface area contributed by atoms with Crippen LogP contribution in [0.5, 0.6) is 11.5 Å². The molecular weight excluding hydrogens is 518 g/mol. The number of hydrogen-bond donors (Lipinski definition) is 1. The van der Waals surface area contributed by atoms with Gasteiger partial charge in [-0.3, -0.25) is 0 Å². The van der Waals surface area contributed by atoms with E-state index >= 15 is 0 Å². The van der Waals surface area contributed by atoms with Gasteiger partial charge in [-0.2, -0.15) is 0 Å². The van der Waals surface area contributed by atoms with E-state index in [-0.39, 0.29) is 4.90 Å². The van der Waals surface area contributed by atoms with E-state index in [4.69, 9.17) is 9.47 Å². The lowest BCUT2D eigenvalue weighted by atomic mass is 9.80. The second kappa shape index (κ2) is 8.88. The molecule has 1 aliphatic rings. The van der Waals surface area contributed by atoms with Crippen molar-refractivity contribution in [2.45, 2.75) is 36.7 Å². The Morgan fingerprint density at radius 1 is 1.08 bits per heavy atom. The number of carbonyl (C=O) groups is 1. The Hall–Kier alpha value is -4.31. The molecule has 0 bridgehead atoms. The normalized spacial score (nSPS) is 14.8. The summed E-state index contributed by atoms with van der Waals surface area (Å²) in [6, 6.07) is 15.6. The summed E-state index contributed by atoms with van der Waals surface area (Å²) in [7, 11) is -0.663. The molecule has 1 aliphatic carbocycles. The van der Waals surface area contributed by atoms with Crippen LogP contribution in [0.15, 0.2) is 71.9 Å². The number of carboxylic acids is 1. The predicted octanol–water partition coefficient (Wildman–Crippen LogP) is 5.14. The van der Waals surface area contributed by atoms with Crippen LogP contribution in [0.25, 0.3) is 33.2 Å². The van der Waals surface area contributed by atoms with Gasteiger partial charge in [-0.1, -0.05) is 17.7 Å². The zero-order valence-corrected chi connectivity index (χ0v) is 22.5. The van der Waals surface area contributed by atoms with Gasteiger partial charge in [0.25, 0.3) is 10.0 Å². The molecule has 3 aromatic heterocycles. The largest absolute Gasteiger partial charge is 0.493 e. The van der Waals surface area contributed by atoms with E-state index in [0.29, 0.717) is 52.0 Å². The van der Waals surface area contributed by atoms with Crippen LogP contribution in [0.4, 0.5) is 0 Å². The van der Waals surface area contributed by atoms with Crippen LogP contribution >= 0.6 is 0 Å². The van der Waals surface area contributed by atoms with Gasteiger partial charge in [0.2, 0.25) is 5.60 Å². The molecule has 1 N–H and O–H groups in total. The zero-order valence-electron chi connectivity index (χ0n) is 21.7. The number of pyridine rings is 1. The third-order valence-electron chi connectivity index (χ3n) is 7.49. The Labute approximate surface area is 225 Å². The van der Waals surface area contributed by atoms with Gasteiger partial charge in [0.1, 0.15) is 0 Å². The Balaban J connectivity index is 1.60.